The van der Waals surface area contributed by atoms with Gasteiger partial charge in [-0.1, -0.05) is 268 Å². The number of hydrogen-bond donors (Lipinski definition) is 1. The van der Waals surface area contributed by atoms with Crippen LogP contribution in [0.5, 0.6) is 0 Å². The van der Waals surface area contributed by atoms with Crippen molar-refractivity contribution in [3.05, 3.63) is 60.7 Å². The minimum atomic E-state index is -4.43. The van der Waals surface area contributed by atoms with E-state index in [1.54, 1.807) is 21.3 Å². The zero-order chi connectivity index (χ0) is 80.3. The molecule has 22 nitrogen and oxygen atoms in total. The number of halogens is 2. The smallest absolute Gasteiger partial charge is 0.664 e. The Morgan fingerprint density at radius 3 is 0.938 bits per heavy atom. The molecular weight excluding hydrogens is 1650 g/mol. The van der Waals surface area contributed by atoms with E-state index in [9.17, 15) is 4.80 Å². The number of hydrogen-bond acceptors (Lipinski definition) is 20. The highest BCUT2D eigenvalue weighted by Gasteiger charge is 3.00. The number of unbranched alkanes of at least 4 members (excludes halogenated alkanes) is 30. The second-order valence-electron chi connectivity index (χ2n) is 34.7. The molecule has 2 spiro atoms. The molecule has 0 aromatic heterocycles. The maximum absolute atomic E-state index is 13.2. The Morgan fingerprint density at radius 1 is 0.348 bits per heavy atom. The molecule has 0 saturated carbocycles. The fourth-order valence-corrected chi connectivity index (χ4v) is 74.5. The number of nitrogens with zero attached hydrogens (tertiary/aromatic N) is 2. The lowest BCUT2D eigenvalue weighted by Gasteiger charge is -2.45. The predicted octanol–water partition coefficient (Wildman–Crippen LogP) is 11.4. The molecule has 6 saturated heterocycles. The van der Waals surface area contributed by atoms with Crippen LogP contribution in [0.25, 0.3) is 0 Å². The topological polar surface area (TPSA) is 196 Å². The van der Waals surface area contributed by atoms with E-state index in [2.05, 4.69) is 92.5 Å². The third-order valence-electron chi connectivity index (χ3n) is 24.4. The molecule has 0 amide bonds. The van der Waals surface area contributed by atoms with Gasteiger partial charge >= 0.3 is 79.7 Å². The highest BCUT2D eigenvalue weighted by Crippen LogP contribution is 2.81. The maximum atomic E-state index is 13.2. The molecule has 6 heterocycles. The van der Waals surface area contributed by atoms with E-state index in [-0.39, 0.29) is 24.8 Å². The average Bonchev–Trinajstić information content (AvgIpc) is 1.45. The standard InChI is InChI=1S/C77H156N2O20Si11.2ClH/c1-21-23-25-27-29-31-33-35-37-39-41-43-45-47-49-57-65-78(5,6)67-59-69-102(81-9,89-100(17,18)73-61-53-51-54-62-73)91-109(85-13,86-14)98-105(83-11)71(3)75-77-76-72(4)106(84-12,95-107(76)96-108(77,97-107)94-104(75,80)93-105)99-110(87-15,88-16)92-103(82-10,90-101(19,20)74-63-55-52-56-64-74)70-60-68-79(7,8)66-58-50-48-46-44-42-40-38-36-34-32-30-28-26-24-22-2;;/h51-56,61-64,71-72,75-77,80H,21-50,57-60,65-70H2,1-20H3;2*1H/q+2;;/p-2/t71-,72+,75?,76+,77-,102?,103?,104?,105?,106?,107?,108?;;/m0../s1. The highest BCUT2D eigenvalue weighted by molar-refractivity contribution is 7.07. The van der Waals surface area contributed by atoms with Crippen LogP contribution in [0.1, 0.15) is 246 Å². The minimum absolute atomic E-state index is 0. The van der Waals surface area contributed by atoms with Crippen molar-refractivity contribution in [2.75, 3.05) is 111 Å². The van der Waals surface area contributed by atoms with E-state index in [4.69, 9.17) is 80.7 Å². The normalized spacial score (nSPS) is 26.1. The van der Waals surface area contributed by atoms with Crippen molar-refractivity contribution in [2.45, 2.75) is 312 Å². The van der Waals surface area contributed by atoms with E-state index in [1.165, 1.54) is 241 Å². The molecule has 652 valence electrons. The molecule has 6 aliphatic rings. The van der Waals surface area contributed by atoms with Gasteiger partial charge in [-0.15, -0.1) is 0 Å². The SMILES string of the molecule is CCCCCCCCCCCCCCCCCC[N+](C)(C)CCC[Si](OC)(O[Si](OC)(OC)O[Si]1(OC)O[Si]23O[Si]4(O[Si]5(O)O[Si](OC)(O[Si](OC)(OC)O[Si](CCC[N+](C)(C)CCCCCCCCCCCCCCCCCC)(OC)O[Si](C)(C)c6ccccc6)[C@@H](C)C5[C@H]4[C@H]2[C@H]1C)O3)O[Si](C)(C)c1ccccc1.[Cl-].[Cl-]. The molecule has 2 aromatic rings. The lowest BCUT2D eigenvalue weighted by atomic mass is 10.0. The first kappa shape index (κ1) is 103. The Bertz CT molecular complexity index is 2920. The Hall–Kier alpha value is 0.526. The zero-order valence-electron chi connectivity index (χ0n) is 73.3. The van der Waals surface area contributed by atoms with Gasteiger partial charge in [0.05, 0.1) is 54.4 Å². The first-order valence-electron chi connectivity index (χ1n) is 43.0. The number of quaternary nitrogens is 2. The lowest BCUT2D eigenvalue weighted by molar-refractivity contribution is -0.890. The summed E-state index contributed by atoms with van der Waals surface area (Å²) in [6.45, 7) is 21.1. The monoisotopic (exact) mass is 1810 g/mol. The van der Waals surface area contributed by atoms with Crippen LogP contribution in [0.2, 0.25) is 66.0 Å². The van der Waals surface area contributed by atoms with E-state index in [1.807, 2.05) is 50.2 Å². The maximum Gasteiger partial charge on any atom is 0.664 e. The quantitative estimate of drug-likeness (QED) is 0.0373. The molecule has 6 aliphatic heterocycles. The first-order valence-corrected chi connectivity index (χ1v) is 65.0. The number of benzene rings is 2. The molecule has 2 aromatic carbocycles. The molecule has 6 unspecified atom stereocenters. The van der Waals surface area contributed by atoms with E-state index < -0.39 is 124 Å². The van der Waals surface area contributed by atoms with Crippen molar-refractivity contribution in [3.8, 4) is 0 Å². The summed E-state index contributed by atoms with van der Waals surface area (Å²) in [5, 5.41) is 2.17. The summed E-state index contributed by atoms with van der Waals surface area (Å²) in [6, 6.07) is 21.5. The summed E-state index contributed by atoms with van der Waals surface area (Å²) in [6.07, 6.45) is 44.6. The lowest BCUT2D eigenvalue weighted by Crippen LogP contribution is -3.00. The molecular formula is C77H156Cl2N2O20Si11. The van der Waals surface area contributed by atoms with Crippen molar-refractivity contribution >= 4 is 107 Å². The van der Waals surface area contributed by atoms with Gasteiger partial charge in [-0.2, -0.15) is 0 Å². The van der Waals surface area contributed by atoms with E-state index in [0.717, 1.165) is 58.4 Å². The Kier molecular flexibility index (Phi) is 44.1. The summed E-state index contributed by atoms with van der Waals surface area (Å²) < 4.78 is 134. The van der Waals surface area contributed by atoms with E-state index >= 15 is 0 Å². The molecule has 8 rings (SSSR count). The molecule has 1 N–H and O–H groups in total. The van der Waals surface area contributed by atoms with Crippen LogP contribution in [0.4, 0.5) is 0 Å². The molecule has 112 heavy (non-hydrogen) atoms. The molecule has 0 aliphatic carbocycles. The summed E-state index contributed by atoms with van der Waals surface area (Å²) in [7, 11) is -20.3. The van der Waals surface area contributed by atoms with Crippen LogP contribution >= 0.6 is 0 Å². The van der Waals surface area contributed by atoms with Crippen LogP contribution < -0.4 is 35.2 Å². The Labute approximate surface area is 704 Å². The second-order valence-corrected chi connectivity index (χ2v) is 69.7. The van der Waals surface area contributed by atoms with Gasteiger partial charge in [0.2, 0.25) is 16.6 Å². The van der Waals surface area contributed by atoms with Gasteiger partial charge in [0.15, 0.2) is 0 Å². The van der Waals surface area contributed by atoms with Crippen LogP contribution in [0, 0.1) is 0 Å². The minimum Gasteiger partial charge on any atom is -1.00 e. The summed E-state index contributed by atoms with van der Waals surface area (Å²) in [4.78, 5) is 13.2. The van der Waals surface area contributed by atoms with Crippen LogP contribution in [0.3, 0.4) is 0 Å². The van der Waals surface area contributed by atoms with Gasteiger partial charge in [-0.05, 0) is 62.2 Å². The van der Waals surface area contributed by atoms with Crippen LogP contribution in [-0.4, -0.2) is 221 Å². The van der Waals surface area contributed by atoms with Crippen molar-refractivity contribution in [1.82, 2.24) is 0 Å². The number of rotatable bonds is 64. The van der Waals surface area contributed by atoms with Crippen LogP contribution in [0.15, 0.2) is 60.7 Å². The zero-order valence-corrected chi connectivity index (χ0v) is 85.8. The first-order chi connectivity index (χ1) is 52.4. The van der Waals surface area contributed by atoms with Gasteiger partial charge in [0.1, 0.15) is 0 Å². The fourth-order valence-electron chi connectivity index (χ4n) is 17.7. The average molecular weight is 1810 g/mol. The molecule has 10 atom stereocenters. The third kappa shape index (κ3) is 27.8. The summed E-state index contributed by atoms with van der Waals surface area (Å²) in [5.41, 5.74) is -2.79. The molecule has 35 heteroatoms. The molecule has 0 radical (unpaired) electrons. The van der Waals surface area contributed by atoms with Crippen molar-refractivity contribution in [3.63, 3.8) is 0 Å². The van der Waals surface area contributed by atoms with Crippen molar-refractivity contribution in [1.29, 1.82) is 0 Å². The van der Waals surface area contributed by atoms with Crippen LogP contribution in [-0.2, 0) is 80.7 Å². The fraction of sp³-hybridized carbons (Fsp3) is 0.844. The Morgan fingerprint density at radius 2 is 0.634 bits per heavy atom. The van der Waals surface area contributed by atoms with Gasteiger partial charge in [-0.25, -0.2) is 0 Å². The summed E-state index contributed by atoms with van der Waals surface area (Å²) in [5.74, 6) is 0. The number of fused-ring (bicyclic) bond motifs is 1. The van der Waals surface area contributed by atoms with Gasteiger partial charge < -0.3 is 119 Å². The second kappa shape index (κ2) is 48.0. The highest BCUT2D eigenvalue weighted by atomic mass is 35.5. The largest absolute Gasteiger partial charge is 1.00 e. The third-order valence-corrected chi connectivity index (χ3v) is 70.1. The molecule has 6 fully saturated rings. The predicted molar refractivity (Wildman–Crippen MR) is 461 cm³/mol. The van der Waals surface area contributed by atoms with Crippen molar-refractivity contribution < 1.29 is 119 Å². The Balaban J connectivity index is 0.0000112. The van der Waals surface area contributed by atoms with Gasteiger partial charge in [-0.3, -0.25) is 0 Å². The van der Waals surface area contributed by atoms with Crippen molar-refractivity contribution in [2.24, 2.45) is 0 Å². The van der Waals surface area contributed by atoms with E-state index in [0.29, 0.717) is 12.1 Å². The summed E-state index contributed by atoms with van der Waals surface area (Å²) >= 11 is 0. The molecule has 2 bridgehead atoms. The van der Waals surface area contributed by atoms with Gasteiger partial charge in [0, 0.05) is 110 Å². The van der Waals surface area contributed by atoms with Gasteiger partial charge in [0.25, 0.3) is 0 Å².